The normalized spacial score (nSPS) is 22.3. The Kier molecular flexibility index (Phi) is 11.3. The van der Waals surface area contributed by atoms with Gasteiger partial charge in [-0.25, -0.2) is 0 Å². The summed E-state index contributed by atoms with van der Waals surface area (Å²) in [7, 11) is 0. The molecule has 0 aromatic carbocycles. The minimum absolute atomic E-state index is 0.144. The SMILES string of the molecule is CC(N)=O.CC=C[C@@H]1C[C@H](C(=O)OCC(C)C)N(CC(O)CC)C1. The lowest BCUT2D eigenvalue weighted by Crippen LogP contribution is -2.41. The number of nitrogens with two attached hydrogens (primary N) is 1. The summed E-state index contributed by atoms with van der Waals surface area (Å²) >= 11 is 0. The molecule has 0 spiro atoms. The number of aliphatic hydroxyl groups excluding tert-OH is 1. The van der Waals surface area contributed by atoms with Gasteiger partial charge in [0.15, 0.2) is 0 Å². The molecule has 0 aromatic rings. The Hall–Kier alpha value is -1.40. The van der Waals surface area contributed by atoms with E-state index in [1.54, 1.807) is 0 Å². The molecule has 3 atom stereocenters. The molecular formula is C18H34N2O4. The van der Waals surface area contributed by atoms with Gasteiger partial charge in [-0.2, -0.15) is 0 Å². The van der Waals surface area contributed by atoms with Crippen LogP contribution in [0.3, 0.4) is 0 Å². The highest BCUT2D eigenvalue weighted by molar-refractivity contribution is 5.76. The molecule has 140 valence electrons. The molecule has 0 bridgehead atoms. The number of likely N-dealkylation sites (tertiary alicyclic amines) is 1. The zero-order valence-electron chi connectivity index (χ0n) is 15.7. The summed E-state index contributed by atoms with van der Waals surface area (Å²) in [5.74, 6) is 0.246. The third-order valence-corrected chi connectivity index (χ3v) is 3.65. The number of hydrogen-bond acceptors (Lipinski definition) is 5. The van der Waals surface area contributed by atoms with E-state index in [4.69, 9.17) is 4.74 Å². The van der Waals surface area contributed by atoms with Gasteiger partial charge in [-0.05, 0) is 31.6 Å². The van der Waals surface area contributed by atoms with Gasteiger partial charge in [-0.15, -0.1) is 0 Å². The van der Waals surface area contributed by atoms with E-state index in [9.17, 15) is 14.7 Å². The molecule has 1 rings (SSSR count). The predicted octanol–water partition coefficient (Wildman–Crippen LogP) is 1.71. The molecule has 1 saturated heterocycles. The molecule has 0 aromatic heterocycles. The van der Waals surface area contributed by atoms with Crippen molar-refractivity contribution in [3.63, 3.8) is 0 Å². The molecule has 1 unspecified atom stereocenters. The van der Waals surface area contributed by atoms with Crippen molar-refractivity contribution in [2.24, 2.45) is 17.6 Å². The molecule has 1 fully saturated rings. The van der Waals surface area contributed by atoms with E-state index in [2.05, 4.69) is 16.7 Å². The first-order chi connectivity index (χ1) is 11.2. The Morgan fingerprint density at radius 1 is 1.42 bits per heavy atom. The fourth-order valence-corrected chi connectivity index (χ4v) is 2.54. The first kappa shape index (κ1) is 22.6. The number of amides is 1. The molecule has 3 N–H and O–H groups in total. The third-order valence-electron chi connectivity index (χ3n) is 3.65. The third kappa shape index (κ3) is 9.67. The van der Waals surface area contributed by atoms with Crippen LogP contribution in [0, 0.1) is 11.8 Å². The quantitative estimate of drug-likeness (QED) is 0.543. The number of hydrogen-bond donors (Lipinski definition) is 2. The molecule has 24 heavy (non-hydrogen) atoms. The number of primary amides is 1. The molecule has 1 heterocycles. The predicted molar refractivity (Wildman–Crippen MR) is 95.2 cm³/mol. The number of rotatable bonds is 7. The van der Waals surface area contributed by atoms with Gasteiger partial charge in [0.25, 0.3) is 0 Å². The average molecular weight is 342 g/mol. The van der Waals surface area contributed by atoms with Crippen LogP contribution >= 0.6 is 0 Å². The lowest BCUT2D eigenvalue weighted by molar-refractivity contribution is -0.150. The van der Waals surface area contributed by atoms with Gasteiger partial charge >= 0.3 is 5.97 Å². The number of esters is 1. The number of ether oxygens (including phenoxy) is 1. The van der Waals surface area contributed by atoms with Crippen LogP contribution in [0.4, 0.5) is 0 Å². The van der Waals surface area contributed by atoms with Gasteiger partial charge in [0.1, 0.15) is 6.04 Å². The Morgan fingerprint density at radius 2 is 2.00 bits per heavy atom. The van der Waals surface area contributed by atoms with Crippen LogP contribution in [0.15, 0.2) is 12.2 Å². The molecule has 6 nitrogen and oxygen atoms in total. The second-order valence-electron chi connectivity index (χ2n) is 6.69. The second kappa shape index (κ2) is 12.0. The first-order valence-electron chi connectivity index (χ1n) is 8.68. The number of nitrogens with zero attached hydrogens (tertiary/aromatic N) is 1. The highest BCUT2D eigenvalue weighted by Crippen LogP contribution is 2.26. The molecule has 0 saturated carbocycles. The number of carbonyl (C=O) groups excluding carboxylic acids is 2. The number of aliphatic hydroxyl groups is 1. The van der Waals surface area contributed by atoms with Gasteiger partial charge in [0.2, 0.25) is 5.91 Å². The zero-order chi connectivity index (χ0) is 18.7. The van der Waals surface area contributed by atoms with Crippen molar-refractivity contribution in [2.75, 3.05) is 19.7 Å². The average Bonchev–Trinajstić information content (AvgIpc) is 2.87. The Morgan fingerprint density at radius 3 is 2.46 bits per heavy atom. The Bertz CT molecular complexity index is 406. The number of carbonyl (C=O) groups is 2. The lowest BCUT2D eigenvalue weighted by Gasteiger charge is -2.25. The zero-order valence-corrected chi connectivity index (χ0v) is 15.7. The van der Waals surface area contributed by atoms with Crippen LogP contribution in [0.1, 0.15) is 47.5 Å². The summed E-state index contributed by atoms with van der Waals surface area (Å²) in [4.78, 5) is 23.5. The highest BCUT2D eigenvalue weighted by Gasteiger charge is 2.37. The fraction of sp³-hybridized carbons (Fsp3) is 0.778. The maximum atomic E-state index is 12.2. The van der Waals surface area contributed by atoms with Crippen molar-refractivity contribution in [1.29, 1.82) is 0 Å². The van der Waals surface area contributed by atoms with Crippen LogP contribution in [0.5, 0.6) is 0 Å². The summed E-state index contributed by atoms with van der Waals surface area (Å²) in [5.41, 5.74) is 4.47. The fourth-order valence-electron chi connectivity index (χ4n) is 2.54. The lowest BCUT2D eigenvalue weighted by atomic mass is 10.1. The van der Waals surface area contributed by atoms with Crippen LogP contribution in [-0.2, 0) is 14.3 Å². The van der Waals surface area contributed by atoms with Gasteiger partial charge in [-0.1, -0.05) is 32.9 Å². The van der Waals surface area contributed by atoms with Gasteiger partial charge in [0.05, 0.1) is 12.7 Å². The minimum Gasteiger partial charge on any atom is -0.464 e. The molecule has 1 amide bonds. The van der Waals surface area contributed by atoms with E-state index in [-0.39, 0.29) is 24.0 Å². The van der Waals surface area contributed by atoms with E-state index in [0.29, 0.717) is 31.4 Å². The van der Waals surface area contributed by atoms with Crippen LogP contribution in [0.2, 0.25) is 0 Å². The van der Waals surface area contributed by atoms with Crippen LogP contribution in [-0.4, -0.2) is 53.7 Å². The maximum absolute atomic E-state index is 12.2. The smallest absolute Gasteiger partial charge is 0.323 e. The van der Waals surface area contributed by atoms with Crippen LogP contribution in [0.25, 0.3) is 0 Å². The van der Waals surface area contributed by atoms with Gasteiger partial charge in [-0.3, -0.25) is 14.5 Å². The van der Waals surface area contributed by atoms with E-state index in [1.165, 1.54) is 6.92 Å². The summed E-state index contributed by atoms with van der Waals surface area (Å²) in [6.07, 6.45) is 5.29. The highest BCUT2D eigenvalue weighted by atomic mass is 16.5. The molecule has 1 aliphatic heterocycles. The van der Waals surface area contributed by atoms with Gasteiger partial charge in [0, 0.05) is 20.0 Å². The van der Waals surface area contributed by atoms with Crippen molar-refractivity contribution in [3.8, 4) is 0 Å². The van der Waals surface area contributed by atoms with Crippen molar-refractivity contribution in [1.82, 2.24) is 4.90 Å². The second-order valence-corrected chi connectivity index (χ2v) is 6.69. The van der Waals surface area contributed by atoms with Crippen molar-refractivity contribution < 1.29 is 19.4 Å². The molecule has 6 heteroatoms. The molecule has 1 aliphatic rings. The number of allylic oxidation sites excluding steroid dienone is 1. The summed E-state index contributed by atoms with van der Waals surface area (Å²) < 4.78 is 5.37. The van der Waals surface area contributed by atoms with Crippen molar-refractivity contribution in [2.45, 2.75) is 59.6 Å². The Labute approximate surface area is 146 Å². The van der Waals surface area contributed by atoms with E-state index in [0.717, 1.165) is 13.0 Å². The van der Waals surface area contributed by atoms with E-state index in [1.807, 2.05) is 33.8 Å². The van der Waals surface area contributed by atoms with Crippen LogP contribution < -0.4 is 5.73 Å². The monoisotopic (exact) mass is 342 g/mol. The summed E-state index contributed by atoms with van der Waals surface area (Å²) in [5, 5.41) is 9.84. The summed E-state index contributed by atoms with van der Waals surface area (Å²) in [6.45, 7) is 11.2. The van der Waals surface area contributed by atoms with Crippen molar-refractivity contribution in [3.05, 3.63) is 12.2 Å². The van der Waals surface area contributed by atoms with Gasteiger partial charge < -0.3 is 15.6 Å². The maximum Gasteiger partial charge on any atom is 0.323 e. The standard InChI is InChI=1S/C16H29NO3.C2H5NO/c1-5-7-13-8-15(16(19)20-11-12(3)4)17(9-13)10-14(18)6-2;1-2(3)4/h5,7,12-15,18H,6,8-11H2,1-4H3;1H3,(H2,3,4)/t13-,14?,15-;/m1./s1. The van der Waals surface area contributed by atoms with E-state index < -0.39 is 0 Å². The Balaban J connectivity index is 0.00000118. The topological polar surface area (TPSA) is 92.9 Å². The largest absolute Gasteiger partial charge is 0.464 e. The molecular weight excluding hydrogens is 308 g/mol. The molecule has 0 radical (unpaired) electrons. The molecule has 0 aliphatic carbocycles. The van der Waals surface area contributed by atoms with Crippen molar-refractivity contribution >= 4 is 11.9 Å². The number of β-amino-alcohol motifs (C(OH)–C–C–N with tert-alkyl or cyclic N) is 1. The minimum atomic E-state index is -0.375. The summed E-state index contributed by atoms with van der Waals surface area (Å²) in [6, 6.07) is -0.212. The van der Waals surface area contributed by atoms with E-state index >= 15 is 0 Å². The first-order valence-corrected chi connectivity index (χ1v) is 8.68.